The van der Waals surface area contributed by atoms with Crippen LogP contribution in [0.25, 0.3) is 10.8 Å². The molecule has 1 aliphatic heterocycles. The predicted molar refractivity (Wildman–Crippen MR) is 102 cm³/mol. The van der Waals surface area contributed by atoms with Gasteiger partial charge in [-0.25, -0.2) is 0 Å². The number of carbonyl (C=O) groups excluding carboxylic acids is 1. The van der Waals surface area contributed by atoms with Crippen LogP contribution < -0.4 is 15.4 Å². The number of hydrogen-bond donors (Lipinski definition) is 2. The van der Waals surface area contributed by atoms with E-state index in [1.54, 1.807) is 7.11 Å². The van der Waals surface area contributed by atoms with Gasteiger partial charge < -0.3 is 15.4 Å². The van der Waals surface area contributed by atoms with Gasteiger partial charge >= 0.3 is 0 Å². The normalized spacial score (nSPS) is 17.9. The molecule has 1 aliphatic rings. The van der Waals surface area contributed by atoms with Crippen molar-refractivity contribution in [1.82, 2.24) is 10.6 Å². The molecule has 0 radical (unpaired) electrons. The van der Waals surface area contributed by atoms with E-state index in [0.29, 0.717) is 0 Å². The lowest BCUT2D eigenvalue weighted by Gasteiger charge is -2.34. The highest BCUT2D eigenvalue weighted by molar-refractivity contribution is 5.88. The quantitative estimate of drug-likeness (QED) is 0.876. The van der Waals surface area contributed by atoms with Crippen LogP contribution in [0, 0.1) is 5.41 Å². The van der Waals surface area contributed by atoms with Crippen molar-refractivity contribution < 1.29 is 9.53 Å². The van der Waals surface area contributed by atoms with Gasteiger partial charge in [-0.3, -0.25) is 4.79 Å². The zero-order valence-electron chi connectivity index (χ0n) is 15.4. The second kappa shape index (κ2) is 7.44. The molecule has 1 atom stereocenters. The van der Waals surface area contributed by atoms with E-state index in [1.165, 1.54) is 0 Å². The molecular weight excluding hydrogens is 312 g/mol. The van der Waals surface area contributed by atoms with Crippen molar-refractivity contribution >= 4 is 16.7 Å². The van der Waals surface area contributed by atoms with Crippen LogP contribution in [0.4, 0.5) is 0 Å². The third-order valence-corrected chi connectivity index (χ3v) is 5.46. The van der Waals surface area contributed by atoms with Gasteiger partial charge in [-0.05, 0) is 66.7 Å². The molecule has 1 amide bonds. The van der Waals surface area contributed by atoms with Crippen LogP contribution in [0.15, 0.2) is 36.4 Å². The van der Waals surface area contributed by atoms with Gasteiger partial charge in [0.15, 0.2) is 0 Å². The maximum Gasteiger partial charge on any atom is 0.227 e. The first-order valence-corrected chi connectivity index (χ1v) is 9.07. The first-order valence-electron chi connectivity index (χ1n) is 9.07. The van der Waals surface area contributed by atoms with E-state index in [4.69, 9.17) is 4.74 Å². The summed E-state index contributed by atoms with van der Waals surface area (Å²) in [5.74, 6) is 0.797. The summed E-state index contributed by atoms with van der Waals surface area (Å²) in [4.78, 5) is 12.6. The fourth-order valence-corrected chi connectivity index (χ4v) is 3.45. The molecule has 3 rings (SSSR count). The maximum absolute atomic E-state index is 12.6. The number of amides is 1. The summed E-state index contributed by atoms with van der Waals surface area (Å²) in [5.41, 5.74) is 1.26. The van der Waals surface area contributed by atoms with Crippen LogP contribution in [0.5, 0.6) is 5.75 Å². The topological polar surface area (TPSA) is 50.4 Å². The molecule has 2 N–H and O–H groups in total. The molecule has 0 saturated carbocycles. The Kier molecular flexibility index (Phi) is 5.28. The molecule has 25 heavy (non-hydrogen) atoms. The molecular formula is C21H28N2O2. The number of hydrogen-bond acceptors (Lipinski definition) is 3. The van der Waals surface area contributed by atoms with Gasteiger partial charge in [0.25, 0.3) is 0 Å². The van der Waals surface area contributed by atoms with Gasteiger partial charge in [-0.2, -0.15) is 0 Å². The molecule has 1 fully saturated rings. The summed E-state index contributed by atoms with van der Waals surface area (Å²) in [6.07, 6.45) is 2.22. The van der Waals surface area contributed by atoms with Crippen molar-refractivity contribution in [3.63, 3.8) is 0 Å². The lowest BCUT2D eigenvalue weighted by atomic mass is 9.81. The van der Waals surface area contributed by atoms with Gasteiger partial charge in [0.05, 0.1) is 13.0 Å². The Hall–Kier alpha value is -2.07. The van der Waals surface area contributed by atoms with Crippen LogP contribution in [0.1, 0.15) is 38.2 Å². The van der Waals surface area contributed by atoms with E-state index in [0.717, 1.165) is 54.6 Å². The third-order valence-electron chi connectivity index (χ3n) is 5.46. The monoisotopic (exact) mass is 340 g/mol. The molecule has 4 nitrogen and oxygen atoms in total. The van der Waals surface area contributed by atoms with Crippen LogP contribution >= 0.6 is 0 Å². The van der Waals surface area contributed by atoms with E-state index in [2.05, 4.69) is 29.7 Å². The summed E-state index contributed by atoms with van der Waals surface area (Å²) in [7, 11) is 1.67. The Labute approximate surface area is 149 Å². The lowest BCUT2D eigenvalue weighted by molar-refractivity contribution is -0.122. The number of nitrogens with one attached hydrogen (secondary N) is 2. The van der Waals surface area contributed by atoms with Crippen molar-refractivity contribution in [3.8, 4) is 5.75 Å². The molecule has 2 aromatic carbocycles. The molecule has 0 spiro atoms. The minimum Gasteiger partial charge on any atom is -0.497 e. The number of methoxy groups -OCH3 is 1. The second-order valence-corrected chi connectivity index (χ2v) is 7.47. The minimum atomic E-state index is -0.156. The molecule has 1 unspecified atom stereocenters. The Morgan fingerprint density at radius 1 is 1.20 bits per heavy atom. The maximum atomic E-state index is 12.6. The molecule has 0 aliphatic carbocycles. The third kappa shape index (κ3) is 4.13. The Morgan fingerprint density at radius 3 is 2.60 bits per heavy atom. The summed E-state index contributed by atoms with van der Waals surface area (Å²) >= 11 is 0. The van der Waals surface area contributed by atoms with E-state index < -0.39 is 0 Å². The number of benzene rings is 2. The first kappa shape index (κ1) is 17.7. The zero-order valence-corrected chi connectivity index (χ0v) is 15.4. The largest absolute Gasteiger partial charge is 0.497 e. The van der Waals surface area contributed by atoms with Gasteiger partial charge in [0.2, 0.25) is 5.91 Å². The molecule has 4 heteroatoms. The number of piperidine rings is 1. The Bertz CT molecular complexity index is 751. The zero-order chi connectivity index (χ0) is 17.9. The average molecular weight is 340 g/mol. The number of rotatable bonds is 5. The van der Waals surface area contributed by atoms with E-state index in [1.807, 2.05) is 31.2 Å². The molecule has 0 bridgehead atoms. The van der Waals surface area contributed by atoms with Crippen LogP contribution in [-0.2, 0) is 4.79 Å². The number of ether oxygens (including phenoxy) is 1. The van der Waals surface area contributed by atoms with Crippen LogP contribution in [-0.4, -0.2) is 32.7 Å². The van der Waals surface area contributed by atoms with Gasteiger partial charge in [0, 0.05) is 6.54 Å². The fraction of sp³-hybridized carbons (Fsp3) is 0.476. The van der Waals surface area contributed by atoms with Crippen LogP contribution in [0.3, 0.4) is 0 Å². The highest BCUT2D eigenvalue weighted by Gasteiger charge is 2.28. The standard InChI is InChI=1S/C21H28N2O2/c1-15(20(24)23-14-21(2)8-10-22-11-9-21)16-4-5-18-13-19(25-3)7-6-17(18)12-16/h4-7,12-13,15,22H,8-11,14H2,1-3H3,(H,23,24). The number of carbonyl (C=O) groups is 1. The summed E-state index contributed by atoms with van der Waals surface area (Å²) in [6.45, 7) is 7.07. The smallest absolute Gasteiger partial charge is 0.227 e. The number of fused-ring (bicyclic) bond motifs is 1. The minimum absolute atomic E-state index is 0.104. The van der Waals surface area contributed by atoms with Crippen molar-refractivity contribution in [1.29, 1.82) is 0 Å². The molecule has 0 aromatic heterocycles. The summed E-state index contributed by atoms with van der Waals surface area (Å²) in [5, 5.41) is 8.80. The van der Waals surface area contributed by atoms with Crippen molar-refractivity contribution in [2.24, 2.45) is 5.41 Å². The molecule has 1 saturated heterocycles. The highest BCUT2D eigenvalue weighted by Crippen LogP contribution is 2.28. The molecule has 134 valence electrons. The Morgan fingerprint density at radius 2 is 1.88 bits per heavy atom. The molecule has 2 aromatic rings. The van der Waals surface area contributed by atoms with Crippen molar-refractivity contribution in [2.45, 2.75) is 32.6 Å². The van der Waals surface area contributed by atoms with E-state index in [9.17, 15) is 4.79 Å². The lowest BCUT2D eigenvalue weighted by Crippen LogP contribution is -2.43. The van der Waals surface area contributed by atoms with E-state index >= 15 is 0 Å². The second-order valence-electron chi connectivity index (χ2n) is 7.47. The fourth-order valence-electron chi connectivity index (χ4n) is 3.45. The van der Waals surface area contributed by atoms with Crippen LogP contribution in [0.2, 0.25) is 0 Å². The van der Waals surface area contributed by atoms with Gasteiger partial charge in [0.1, 0.15) is 5.75 Å². The predicted octanol–water partition coefficient (Wildman–Crippen LogP) is 3.46. The Balaban J connectivity index is 1.68. The van der Waals surface area contributed by atoms with Crippen molar-refractivity contribution in [3.05, 3.63) is 42.0 Å². The molecule has 1 heterocycles. The van der Waals surface area contributed by atoms with E-state index in [-0.39, 0.29) is 17.2 Å². The first-order chi connectivity index (χ1) is 12.0. The summed E-state index contributed by atoms with van der Waals surface area (Å²) < 4.78 is 5.27. The van der Waals surface area contributed by atoms with Gasteiger partial charge in [-0.1, -0.05) is 31.2 Å². The summed E-state index contributed by atoms with van der Waals surface area (Å²) in [6, 6.07) is 12.2. The average Bonchev–Trinajstić information content (AvgIpc) is 2.65. The van der Waals surface area contributed by atoms with Gasteiger partial charge in [-0.15, -0.1) is 0 Å². The van der Waals surface area contributed by atoms with Crippen molar-refractivity contribution in [2.75, 3.05) is 26.7 Å². The highest BCUT2D eigenvalue weighted by atomic mass is 16.5. The SMILES string of the molecule is COc1ccc2cc(C(C)C(=O)NCC3(C)CCNCC3)ccc2c1.